The summed E-state index contributed by atoms with van der Waals surface area (Å²) >= 11 is 0. The Morgan fingerprint density at radius 3 is 2.24 bits per heavy atom. The molecular formula is C22H32BNO5. The van der Waals surface area contributed by atoms with Gasteiger partial charge in [-0.3, -0.25) is 4.57 Å². The molecule has 2 heterocycles. The monoisotopic (exact) mass is 401 g/mol. The average Bonchev–Trinajstić information content (AvgIpc) is 3.07. The molecule has 0 bridgehead atoms. The average molecular weight is 401 g/mol. The molecule has 7 heteroatoms. The number of aliphatic hydroxyl groups is 1. The molecule has 1 aromatic carbocycles. The van der Waals surface area contributed by atoms with Crippen LogP contribution in [0.5, 0.6) is 0 Å². The van der Waals surface area contributed by atoms with E-state index in [1.54, 1.807) is 6.20 Å². The van der Waals surface area contributed by atoms with Gasteiger partial charge < -0.3 is 19.2 Å². The Morgan fingerprint density at radius 1 is 1.14 bits per heavy atom. The van der Waals surface area contributed by atoms with E-state index in [2.05, 4.69) is 0 Å². The summed E-state index contributed by atoms with van der Waals surface area (Å²) in [7, 11) is -0.557. The van der Waals surface area contributed by atoms with Gasteiger partial charge in [-0.25, -0.2) is 4.79 Å². The molecule has 3 rings (SSSR count). The van der Waals surface area contributed by atoms with Crippen molar-refractivity contribution >= 4 is 24.1 Å². The number of carbonyl (C=O) groups excluding carboxylic acids is 1. The van der Waals surface area contributed by atoms with Gasteiger partial charge in [0, 0.05) is 23.0 Å². The fraction of sp³-hybridized carbons (Fsp3) is 0.591. The lowest BCUT2D eigenvalue weighted by Crippen LogP contribution is -2.41. The Kier molecular flexibility index (Phi) is 5.39. The van der Waals surface area contributed by atoms with Crippen LogP contribution in [0.1, 0.15) is 67.1 Å². The molecule has 2 aromatic rings. The van der Waals surface area contributed by atoms with E-state index in [4.69, 9.17) is 14.0 Å². The fourth-order valence-electron chi connectivity index (χ4n) is 3.44. The highest BCUT2D eigenvalue weighted by atomic mass is 16.7. The number of carbonyl (C=O) groups is 1. The van der Waals surface area contributed by atoms with Crippen LogP contribution in [0.4, 0.5) is 4.79 Å². The highest BCUT2D eigenvalue weighted by Gasteiger charge is 2.54. The van der Waals surface area contributed by atoms with Crippen LogP contribution in [-0.2, 0) is 14.0 Å². The van der Waals surface area contributed by atoms with E-state index < -0.39 is 36.1 Å². The van der Waals surface area contributed by atoms with E-state index >= 15 is 0 Å². The first kappa shape index (κ1) is 21.9. The van der Waals surface area contributed by atoms with Crippen LogP contribution >= 0.6 is 0 Å². The van der Waals surface area contributed by atoms with E-state index in [9.17, 15) is 9.90 Å². The lowest BCUT2D eigenvalue weighted by molar-refractivity contribution is 0.00578. The number of hydrogen-bond acceptors (Lipinski definition) is 5. The molecule has 6 nitrogen and oxygen atoms in total. The summed E-state index contributed by atoms with van der Waals surface area (Å²) in [4.78, 5) is 12.7. The second-order valence-electron chi connectivity index (χ2n) is 9.88. The van der Waals surface area contributed by atoms with Crippen molar-refractivity contribution in [3.63, 3.8) is 0 Å². The predicted octanol–water partition coefficient (Wildman–Crippen LogP) is 4.94. The van der Waals surface area contributed by atoms with E-state index in [-0.39, 0.29) is 5.82 Å². The third-order valence-corrected chi connectivity index (χ3v) is 5.85. The van der Waals surface area contributed by atoms with Crippen molar-refractivity contribution in [3.8, 4) is 0 Å². The number of para-hydroxylation sites is 1. The lowest BCUT2D eigenvalue weighted by Gasteiger charge is -2.32. The fourth-order valence-corrected chi connectivity index (χ4v) is 3.44. The van der Waals surface area contributed by atoms with Gasteiger partial charge in [0.15, 0.2) is 0 Å². The quantitative estimate of drug-likeness (QED) is 0.738. The molecule has 0 spiro atoms. The second kappa shape index (κ2) is 7.15. The summed E-state index contributed by atoms with van der Waals surface area (Å²) in [6.07, 6.45) is 0.305. The molecule has 0 unspecified atom stereocenters. The zero-order valence-corrected chi connectivity index (χ0v) is 18.6. The molecule has 29 heavy (non-hydrogen) atoms. The van der Waals surface area contributed by atoms with Crippen LogP contribution in [0.25, 0.3) is 10.9 Å². The molecule has 2 atom stereocenters. The summed E-state index contributed by atoms with van der Waals surface area (Å²) in [5.41, 5.74) is -0.227. The van der Waals surface area contributed by atoms with Gasteiger partial charge >= 0.3 is 13.2 Å². The predicted molar refractivity (Wildman–Crippen MR) is 114 cm³/mol. The van der Waals surface area contributed by atoms with E-state index in [0.717, 1.165) is 5.39 Å². The molecule has 1 aliphatic rings. The van der Waals surface area contributed by atoms with Gasteiger partial charge in [-0.2, -0.15) is 0 Å². The zero-order valence-electron chi connectivity index (χ0n) is 18.6. The van der Waals surface area contributed by atoms with Gasteiger partial charge in [0.1, 0.15) is 5.60 Å². The third kappa shape index (κ3) is 4.09. The van der Waals surface area contributed by atoms with E-state index in [0.29, 0.717) is 11.1 Å². The van der Waals surface area contributed by atoms with Crippen molar-refractivity contribution in [2.75, 3.05) is 0 Å². The Bertz CT molecular complexity index is 896. The number of aliphatic hydroxyl groups excluding tert-OH is 1. The Morgan fingerprint density at radius 2 is 1.69 bits per heavy atom. The van der Waals surface area contributed by atoms with Gasteiger partial charge in [-0.15, -0.1) is 0 Å². The molecule has 1 saturated heterocycles. The Labute approximate surface area is 173 Å². The first-order valence-corrected chi connectivity index (χ1v) is 10.1. The highest BCUT2D eigenvalue weighted by Crippen LogP contribution is 2.44. The smallest absolute Gasteiger partial charge is 0.443 e. The Hall–Kier alpha value is -1.83. The van der Waals surface area contributed by atoms with Crippen LogP contribution in [-0.4, -0.2) is 39.7 Å². The summed E-state index contributed by atoms with van der Waals surface area (Å²) in [5, 5.41) is 12.0. The lowest BCUT2D eigenvalue weighted by atomic mass is 9.68. The number of nitrogens with zero attached hydrogens (tertiary/aromatic N) is 1. The van der Waals surface area contributed by atoms with Crippen molar-refractivity contribution in [1.82, 2.24) is 4.57 Å². The van der Waals surface area contributed by atoms with Gasteiger partial charge in [-0.1, -0.05) is 25.1 Å². The molecule has 0 aliphatic carbocycles. The minimum atomic E-state index is -0.877. The highest BCUT2D eigenvalue weighted by molar-refractivity contribution is 6.47. The SMILES string of the molecule is C[C@@H](B1OC(C)(C)C(C)(C)O1)[C@@H](O)c1cn(C(=O)OC(C)(C)C)c2ccccc12. The van der Waals surface area contributed by atoms with E-state index in [1.807, 2.05) is 79.7 Å². The van der Waals surface area contributed by atoms with E-state index in [1.165, 1.54) is 4.57 Å². The maximum atomic E-state index is 12.7. The molecule has 0 amide bonds. The maximum Gasteiger partial charge on any atom is 0.463 e. The standard InChI is InChI=1S/C22H32BNO5/c1-14(23-28-21(5,6)22(7,8)29-23)18(25)16-13-24(19(26)27-20(2,3)4)17-12-10-9-11-15(16)17/h9-14,18,25H,1-8H3/t14-,18-/m1/s1. The number of benzene rings is 1. The minimum Gasteiger partial charge on any atom is -0.443 e. The van der Waals surface area contributed by atoms with Crippen LogP contribution in [0.15, 0.2) is 30.5 Å². The molecule has 0 saturated carbocycles. The maximum absolute atomic E-state index is 12.7. The Balaban J connectivity index is 1.95. The van der Waals surface area contributed by atoms with Gasteiger partial charge in [0.2, 0.25) is 0 Å². The van der Waals surface area contributed by atoms with Crippen molar-refractivity contribution in [2.24, 2.45) is 0 Å². The molecule has 0 radical (unpaired) electrons. The summed E-state index contributed by atoms with van der Waals surface area (Å²) in [5.74, 6) is -0.339. The summed E-state index contributed by atoms with van der Waals surface area (Å²) in [6.45, 7) is 15.3. The summed E-state index contributed by atoms with van der Waals surface area (Å²) in [6, 6.07) is 7.48. The van der Waals surface area contributed by atoms with Gasteiger partial charge in [-0.05, 0) is 54.5 Å². The minimum absolute atomic E-state index is 0.339. The molecule has 1 aromatic heterocycles. The number of ether oxygens (including phenoxy) is 1. The molecule has 1 N–H and O–H groups in total. The van der Waals surface area contributed by atoms with Gasteiger partial charge in [0.05, 0.1) is 22.8 Å². The zero-order chi connectivity index (χ0) is 21.8. The molecule has 1 fully saturated rings. The number of aromatic nitrogens is 1. The normalized spacial score (nSPS) is 20.7. The van der Waals surface area contributed by atoms with Crippen molar-refractivity contribution in [2.45, 2.75) is 84.1 Å². The number of rotatable bonds is 3. The van der Waals surface area contributed by atoms with Crippen LogP contribution in [0.2, 0.25) is 5.82 Å². The number of fused-ring (bicyclic) bond motifs is 1. The second-order valence-corrected chi connectivity index (χ2v) is 9.88. The summed E-state index contributed by atoms with van der Waals surface area (Å²) < 4.78 is 19.2. The molecule has 158 valence electrons. The van der Waals surface area contributed by atoms with Crippen molar-refractivity contribution < 1.29 is 23.9 Å². The first-order chi connectivity index (χ1) is 13.2. The third-order valence-electron chi connectivity index (χ3n) is 5.85. The molecular weight excluding hydrogens is 369 g/mol. The number of hydrogen-bond donors (Lipinski definition) is 1. The van der Waals surface area contributed by atoms with Crippen molar-refractivity contribution in [3.05, 3.63) is 36.0 Å². The molecule has 1 aliphatic heterocycles. The van der Waals surface area contributed by atoms with Crippen LogP contribution in [0.3, 0.4) is 0 Å². The van der Waals surface area contributed by atoms with Gasteiger partial charge in [0.25, 0.3) is 0 Å². The topological polar surface area (TPSA) is 69.9 Å². The largest absolute Gasteiger partial charge is 0.463 e. The van der Waals surface area contributed by atoms with Crippen molar-refractivity contribution in [1.29, 1.82) is 0 Å². The first-order valence-electron chi connectivity index (χ1n) is 10.1. The van der Waals surface area contributed by atoms with Crippen LogP contribution in [0, 0.1) is 0 Å². The van der Waals surface area contributed by atoms with Crippen LogP contribution < -0.4 is 0 Å².